The Bertz CT molecular complexity index is 383. The van der Waals surface area contributed by atoms with E-state index in [1.165, 1.54) is 0 Å². The first-order valence-corrected chi connectivity index (χ1v) is 6.04. The van der Waals surface area contributed by atoms with Gasteiger partial charge < -0.3 is 20.5 Å². The Morgan fingerprint density at radius 3 is 2.56 bits per heavy atom. The predicted octanol–water partition coefficient (Wildman–Crippen LogP) is 1.32. The van der Waals surface area contributed by atoms with Gasteiger partial charge in [0.1, 0.15) is 18.1 Å². The summed E-state index contributed by atoms with van der Waals surface area (Å²) >= 11 is 0. The number of rotatable bonds is 7. The Morgan fingerprint density at radius 2 is 2.00 bits per heavy atom. The van der Waals surface area contributed by atoms with Crippen LogP contribution < -0.4 is 15.8 Å². The van der Waals surface area contributed by atoms with E-state index in [2.05, 4.69) is 29.1 Å². The Morgan fingerprint density at radius 1 is 1.28 bits per heavy atom. The minimum Gasteiger partial charge on any atom is -0.474 e. The standard InChI is InChI=1S/C12H22N4O2/c1-8(2)7-9-15-11(14-3)10(13)12(16-9)18-6-5-17-4/h8H,5-7,13H2,1-4H3,(H,14,15,16). The van der Waals surface area contributed by atoms with E-state index in [1.54, 1.807) is 14.2 Å². The highest BCUT2D eigenvalue weighted by atomic mass is 16.5. The minimum absolute atomic E-state index is 0.419. The van der Waals surface area contributed by atoms with Gasteiger partial charge in [0.2, 0.25) is 5.88 Å². The summed E-state index contributed by atoms with van der Waals surface area (Å²) in [4.78, 5) is 8.70. The minimum atomic E-state index is 0.419. The molecule has 3 N–H and O–H groups in total. The molecule has 0 aliphatic heterocycles. The fourth-order valence-electron chi connectivity index (χ4n) is 1.47. The van der Waals surface area contributed by atoms with Gasteiger partial charge in [-0.15, -0.1) is 0 Å². The molecular formula is C12H22N4O2. The summed E-state index contributed by atoms with van der Waals surface area (Å²) in [7, 11) is 3.40. The molecule has 6 heteroatoms. The van der Waals surface area contributed by atoms with Crippen LogP contribution in [0.3, 0.4) is 0 Å². The van der Waals surface area contributed by atoms with Crippen molar-refractivity contribution in [3.8, 4) is 5.88 Å². The van der Waals surface area contributed by atoms with E-state index in [0.29, 0.717) is 36.5 Å². The van der Waals surface area contributed by atoms with Crippen LogP contribution in [0.2, 0.25) is 0 Å². The van der Waals surface area contributed by atoms with Crippen LogP contribution in [-0.4, -0.2) is 37.3 Å². The van der Waals surface area contributed by atoms with E-state index in [1.807, 2.05) is 0 Å². The highest BCUT2D eigenvalue weighted by Gasteiger charge is 2.13. The number of ether oxygens (including phenoxy) is 2. The van der Waals surface area contributed by atoms with E-state index >= 15 is 0 Å². The number of hydrogen-bond donors (Lipinski definition) is 2. The maximum absolute atomic E-state index is 5.92. The lowest BCUT2D eigenvalue weighted by Crippen LogP contribution is -2.12. The van der Waals surface area contributed by atoms with E-state index in [9.17, 15) is 0 Å². The number of hydrogen-bond acceptors (Lipinski definition) is 6. The summed E-state index contributed by atoms with van der Waals surface area (Å²) in [5.74, 6) is 2.23. The quantitative estimate of drug-likeness (QED) is 0.714. The molecule has 0 aliphatic rings. The van der Waals surface area contributed by atoms with E-state index in [-0.39, 0.29) is 0 Å². The van der Waals surface area contributed by atoms with Gasteiger partial charge in [-0.3, -0.25) is 0 Å². The lowest BCUT2D eigenvalue weighted by atomic mass is 10.1. The molecule has 6 nitrogen and oxygen atoms in total. The summed E-state index contributed by atoms with van der Waals surface area (Å²) in [6, 6.07) is 0. The van der Waals surface area contributed by atoms with Crippen molar-refractivity contribution in [1.29, 1.82) is 0 Å². The van der Waals surface area contributed by atoms with Crippen LogP contribution in [0.1, 0.15) is 19.7 Å². The van der Waals surface area contributed by atoms with E-state index in [0.717, 1.165) is 12.2 Å². The van der Waals surface area contributed by atoms with Crippen LogP contribution in [0.5, 0.6) is 5.88 Å². The molecule has 0 bridgehead atoms. The third-order valence-corrected chi connectivity index (χ3v) is 2.31. The average molecular weight is 254 g/mol. The van der Waals surface area contributed by atoms with Crippen LogP contribution in [-0.2, 0) is 11.2 Å². The van der Waals surface area contributed by atoms with Crippen molar-refractivity contribution in [3.63, 3.8) is 0 Å². The van der Waals surface area contributed by atoms with Crippen LogP contribution in [0.4, 0.5) is 11.5 Å². The first-order chi connectivity index (χ1) is 8.58. The summed E-state index contributed by atoms with van der Waals surface area (Å²) in [5.41, 5.74) is 6.35. The highest BCUT2D eigenvalue weighted by Crippen LogP contribution is 2.26. The first kappa shape index (κ1) is 14.5. The largest absolute Gasteiger partial charge is 0.474 e. The van der Waals surface area contributed by atoms with Gasteiger partial charge in [0.15, 0.2) is 5.82 Å². The molecule has 0 atom stereocenters. The molecule has 0 aliphatic carbocycles. The normalized spacial score (nSPS) is 10.7. The monoisotopic (exact) mass is 254 g/mol. The van der Waals surface area contributed by atoms with Crippen molar-refractivity contribution < 1.29 is 9.47 Å². The molecule has 18 heavy (non-hydrogen) atoms. The zero-order valence-electron chi connectivity index (χ0n) is 11.5. The first-order valence-electron chi connectivity index (χ1n) is 6.04. The van der Waals surface area contributed by atoms with Gasteiger partial charge in [0, 0.05) is 20.6 Å². The molecule has 0 radical (unpaired) electrons. The maximum atomic E-state index is 5.92. The Balaban J connectivity index is 2.91. The van der Waals surface area contributed by atoms with Crippen LogP contribution in [0.25, 0.3) is 0 Å². The lowest BCUT2D eigenvalue weighted by Gasteiger charge is -2.13. The van der Waals surface area contributed by atoms with Crippen molar-refractivity contribution in [2.45, 2.75) is 20.3 Å². The zero-order valence-corrected chi connectivity index (χ0v) is 11.5. The number of nitrogen functional groups attached to an aromatic ring is 1. The van der Waals surface area contributed by atoms with Crippen LogP contribution in [0, 0.1) is 5.92 Å². The smallest absolute Gasteiger partial charge is 0.242 e. The van der Waals surface area contributed by atoms with Crippen LogP contribution in [0.15, 0.2) is 0 Å². The fraction of sp³-hybridized carbons (Fsp3) is 0.667. The summed E-state index contributed by atoms with van der Waals surface area (Å²) in [6.07, 6.45) is 0.787. The number of aromatic nitrogens is 2. The van der Waals surface area contributed by atoms with Crippen LogP contribution >= 0.6 is 0 Å². The van der Waals surface area contributed by atoms with E-state index < -0.39 is 0 Å². The molecule has 0 aromatic carbocycles. The Kier molecular flexibility index (Phi) is 5.64. The molecule has 0 saturated carbocycles. The molecule has 1 rings (SSSR count). The molecule has 0 saturated heterocycles. The summed E-state index contributed by atoms with van der Waals surface area (Å²) in [5, 5.41) is 2.95. The molecule has 1 heterocycles. The molecule has 0 spiro atoms. The van der Waals surface area contributed by atoms with Crippen molar-refractivity contribution in [3.05, 3.63) is 5.82 Å². The summed E-state index contributed by atoms with van der Waals surface area (Å²) < 4.78 is 10.4. The van der Waals surface area contributed by atoms with Gasteiger partial charge in [-0.05, 0) is 5.92 Å². The number of nitrogens with one attached hydrogen (secondary N) is 1. The van der Waals surface area contributed by atoms with Gasteiger partial charge in [-0.2, -0.15) is 4.98 Å². The zero-order chi connectivity index (χ0) is 13.5. The van der Waals surface area contributed by atoms with Crippen molar-refractivity contribution >= 4 is 11.5 Å². The van der Waals surface area contributed by atoms with Gasteiger partial charge in [0.25, 0.3) is 0 Å². The fourth-order valence-corrected chi connectivity index (χ4v) is 1.47. The average Bonchev–Trinajstić information content (AvgIpc) is 2.32. The number of nitrogens with two attached hydrogens (primary N) is 1. The summed E-state index contributed by atoms with van der Waals surface area (Å²) in [6.45, 7) is 5.15. The third kappa shape index (κ3) is 4.03. The molecular weight excluding hydrogens is 232 g/mol. The highest BCUT2D eigenvalue weighted by molar-refractivity contribution is 5.66. The lowest BCUT2D eigenvalue weighted by molar-refractivity contribution is 0.144. The molecule has 1 aromatic rings. The van der Waals surface area contributed by atoms with Gasteiger partial charge in [-0.25, -0.2) is 4.98 Å². The molecule has 0 unspecified atom stereocenters. The number of nitrogens with zero attached hydrogens (tertiary/aromatic N) is 2. The van der Waals surface area contributed by atoms with Gasteiger partial charge in [-0.1, -0.05) is 13.8 Å². The SMILES string of the molecule is CNc1nc(CC(C)C)nc(OCCOC)c1N. The second-order valence-corrected chi connectivity index (χ2v) is 4.40. The number of methoxy groups -OCH3 is 1. The Hall–Kier alpha value is -1.56. The molecule has 0 amide bonds. The third-order valence-electron chi connectivity index (χ3n) is 2.31. The van der Waals surface area contributed by atoms with Crippen molar-refractivity contribution in [2.24, 2.45) is 5.92 Å². The number of anilines is 2. The molecule has 102 valence electrons. The predicted molar refractivity (Wildman–Crippen MR) is 71.9 cm³/mol. The molecule has 1 aromatic heterocycles. The molecule has 0 fully saturated rings. The second-order valence-electron chi connectivity index (χ2n) is 4.40. The maximum Gasteiger partial charge on any atom is 0.242 e. The van der Waals surface area contributed by atoms with Crippen molar-refractivity contribution in [2.75, 3.05) is 38.4 Å². The topological polar surface area (TPSA) is 82.3 Å². The van der Waals surface area contributed by atoms with E-state index in [4.69, 9.17) is 15.2 Å². The van der Waals surface area contributed by atoms with Gasteiger partial charge >= 0.3 is 0 Å². The Labute approximate surface area is 108 Å². The second kappa shape index (κ2) is 7.00. The van der Waals surface area contributed by atoms with Gasteiger partial charge in [0.05, 0.1) is 6.61 Å². The van der Waals surface area contributed by atoms with Crippen molar-refractivity contribution in [1.82, 2.24) is 9.97 Å².